The number of amides is 1. The Labute approximate surface area is 190 Å². The molecule has 0 fully saturated rings. The van der Waals surface area contributed by atoms with Gasteiger partial charge in [0.15, 0.2) is 5.16 Å². The summed E-state index contributed by atoms with van der Waals surface area (Å²) in [5.74, 6) is 0.136. The number of para-hydroxylation sites is 1. The first-order valence-electron chi connectivity index (χ1n) is 9.67. The van der Waals surface area contributed by atoms with E-state index in [0.29, 0.717) is 27.5 Å². The second-order valence-corrected chi connectivity index (χ2v) is 7.76. The third-order valence-electron chi connectivity index (χ3n) is 4.79. The summed E-state index contributed by atoms with van der Waals surface area (Å²) >= 11 is 1.14. The highest BCUT2D eigenvalue weighted by Crippen LogP contribution is 2.29. The highest BCUT2D eigenvalue weighted by atomic mass is 32.2. The van der Waals surface area contributed by atoms with E-state index in [1.807, 2.05) is 0 Å². The van der Waals surface area contributed by atoms with Crippen LogP contribution in [0, 0.1) is 10.1 Å². The van der Waals surface area contributed by atoms with Crippen LogP contribution in [0.1, 0.15) is 0 Å². The van der Waals surface area contributed by atoms with Gasteiger partial charge in [0.2, 0.25) is 11.7 Å². The number of nitrogens with zero attached hydrogens (tertiary/aromatic N) is 5. The van der Waals surface area contributed by atoms with Gasteiger partial charge in [-0.15, -0.1) is 16.8 Å². The van der Waals surface area contributed by atoms with E-state index in [4.69, 9.17) is 4.74 Å². The van der Waals surface area contributed by atoms with E-state index in [1.165, 1.54) is 29.9 Å². The fourth-order valence-corrected chi connectivity index (χ4v) is 4.07. The molecule has 12 heteroatoms. The molecule has 33 heavy (non-hydrogen) atoms. The monoisotopic (exact) mass is 466 g/mol. The number of rotatable bonds is 8. The first kappa shape index (κ1) is 22.0. The quantitative estimate of drug-likeness (QED) is 0.181. The van der Waals surface area contributed by atoms with Crippen LogP contribution in [0.2, 0.25) is 0 Å². The lowest BCUT2D eigenvalue weighted by Crippen LogP contribution is -2.22. The fraction of sp³-hybridized carbons (Fsp3) is 0.143. The predicted octanol–water partition coefficient (Wildman–Crippen LogP) is 2.88. The molecule has 0 aliphatic heterocycles. The van der Waals surface area contributed by atoms with Crippen molar-refractivity contribution in [3.8, 4) is 5.75 Å². The maximum atomic E-state index is 12.8. The van der Waals surface area contributed by atoms with Gasteiger partial charge < -0.3 is 10.1 Å². The van der Waals surface area contributed by atoms with E-state index >= 15 is 0 Å². The molecule has 0 spiro atoms. The molecular weight excluding hydrogens is 448 g/mol. The summed E-state index contributed by atoms with van der Waals surface area (Å²) in [7, 11) is 1.36. The summed E-state index contributed by atoms with van der Waals surface area (Å²) in [5.41, 5.74) is 0.587. The van der Waals surface area contributed by atoms with E-state index in [0.717, 1.165) is 11.8 Å². The topological polar surface area (TPSA) is 134 Å². The highest BCUT2D eigenvalue weighted by molar-refractivity contribution is 7.99. The molecule has 0 saturated heterocycles. The Morgan fingerprint density at radius 2 is 2.09 bits per heavy atom. The molecule has 1 amide bonds. The lowest BCUT2D eigenvalue weighted by Gasteiger charge is -2.11. The zero-order valence-corrected chi connectivity index (χ0v) is 18.2. The van der Waals surface area contributed by atoms with Gasteiger partial charge >= 0.3 is 0 Å². The molecule has 0 bridgehead atoms. The first-order valence-corrected chi connectivity index (χ1v) is 10.7. The molecule has 0 saturated carbocycles. The van der Waals surface area contributed by atoms with Crippen molar-refractivity contribution in [1.82, 2.24) is 19.2 Å². The molecule has 0 aliphatic rings. The number of benzene rings is 2. The molecule has 2 aromatic carbocycles. The third-order valence-corrected chi connectivity index (χ3v) is 5.72. The number of thioether (sulfide) groups is 1. The number of nitrogens with one attached hydrogen (secondary N) is 1. The van der Waals surface area contributed by atoms with E-state index in [2.05, 4.69) is 22.1 Å². The number of carbonyl (C=O) groups is 1. The van der Waals surface area contributed by atoms with E-state index in [1.54, 1.807) is 34.7 Å². The van der Waals surface area contributed by atoms with Crippen LogP contribution in [0.3, 0.4) is 0 Å². The third kappa shape index (κ3) is 4.15. The van der Waals surface area contributed by atoms with Gasteiger partial charge in [0.25, 0.3) is 11.2 Å². The summed E-state index contributed by atoms with van der Waals surface area (Å²) in [6.45, 7) is 3.96. The summed E-state index contributed by atoms with van der Waals surface area (Å²) in [6.07, 6.45) is 1.60. The largest absolute Gasteiger partial charge is 0.494 e. The van der Waals surface area contributed by atoms with Crippen LogP contribution in [0.4, 0.5) is 11.4 Å². The van der Waals surface area contributed by atoms with Crippen LogP contribution >= 0.6 is 11.8 Å². The van der Waals surface area contributed by atoms with Crippen molar-refractivity contribution >= 4 is 45.7 Å². The summed E-state index contributed by atoms with van der Waals surface area (Å²) < 4.78 is 8.34. The van der Waals surface area contributed by atoms with Gasteiger partial charge in [-0.3, -0.25) is 28.7 Å². The van der Waals surface area contributed by atoms with Gasteiger partial charge in [-0.05, 0) is 18.2 Å². The SMILES string of the molecule is C=CCn1c(=O)c2ccccc2n2c(SCC(=O)Nc3ccc([N+](=O)[O-])cc3OC)nnc12. The van der Waals surface area contributed by atoms with Crippen LogP contribution in [0.15, 0.2) is 65.1 Å². The smallest absolute Gasteiger partial charge is 0.273 e. The molecule has 4 aromatic rings. The van der Waals surface area contributed by atoms with Crippen LogP contribution in [-0.4, -0.2) is 42.9 Å². The Bertz CT molecular complexity index is 1460. The van der Waals surface area contributed by atoms with Crippen molar-refractivity contribution in [2.24, 2.45) is 0 Å². The lowest BCUT2D eigenvalue weighted by molar-refractivity contribution is -0.384. The Morgan fingerprint density at radius 3 is 2.82 bits per heavy atom. The number of allylic oxidation sites excluding steroid dienone is 1. The predicted molar refractivity (Wildman–Crippen MR) is 124 cm³/mol. The Morgan fingerprint density at radius 1 is 1.30 bits per heavy atom. The molecule has 2 aromatic heterocycles. The van der Waals surface area contributed by atoms with Gasteiger partial charge in [-0.25, -0.2) is 0 Å². The number of fused-ring (bicyclic) bond motifs is 3. The minimum atomic E-state index is -0.545. The number of non-ortho nitro benzene ring substituents is 1. The molecule has 4 rings (SSSR count). The lowest BCUT2D eigenvalue weighted by atomic mass is 10.2. The second kappa shape index (κ2) is 9.12. The summed E-state index contributed by atoms with van der Waals surface area (Å²) in [6, 6.07) is 11.0. The average molecular weight is 466 g/mol. The molecule has 0 aliphatic carbocycles. The maximum absolute atomic E-state index is 12.8. The first-order chi connectivity index (χ1) is 15.9. The number of anilines is 1. The second-order valence-electron chi connectivity index (χ2n) is 6.82. The molecule has 0 atom stereocenters. The number of nitro groups is 1. The summed E-state index contributed by atoms with van der Waals surface area (Å²) in [4.78, 5) is 35.8. The van der Waals surface area contributed by atoms with E-state index in [9.17, 15) is 19.7 Å². The molecule has 1 N–H and O–H groups in total. The van der Waals surface area contributed by atoms with Gasteiger partial charge in [0.1, 0.15) is 5.75 Å². The number of methoxy groups -OCH3 is 1. The van der Waals surface area contributed by atoms with Gasteiger partial charge in [-0.2, -0.15) is 0 Å². The number of ether oxygens (including phenoxy) is 1. The zero-order valence-electron chi connectivity index (χ0n) is 17.4. The van der Waals surface area contributed by atoms with Crippen molar-refractivity contribution < 1.29 is 14.5 Å². The standard InChI is InChI=1S/C21H18N6O5S/c1-3-10-25-19(29)14-6-4-5-7-16(14)26-20(25)23-24-21(26)33-12-18(28)22-15-9-8-13(27(30)31)11-17(15)32-2/h3-9,11H,1,10,12H2,2H3,(H,22,28). The molecule has 0 unspecified atom stereocenters. The van der Waals surface area contributed by atoms with Crippen molar-refractivity contribution in [3.63, 3.8) is 0 Å². The molecule has 2 heterocycles. The molecule has 11 nitrogen and oxygen atoms in total. The van der Waals surface area contributed by atoms with Crippen LogP contribution in [0.5, 0.6) is 5.75 Å². The minimum Gasteiger partial charge on any atom is -0.494 e. The van der Waals surface area contributed by atoms with Crippen molar-refractivity contribution in [1.29, 1.82) is 0 Å². The molecular formula is C21H18N6O5S. The van der Waals surface area contributed by atoms with E-state index < -0.39 is 4.92 Å². The number of aromatic nitrogens is 4. The molecule has 168 valence electrons. The number of hydrogen-bond acceptors (Lipinski definition) is 8. The van der Waals surface area contributed by atoms with Crippen LogP contribution in [-0.2, 0) is 11.3 Å². The Balaban J connectivity index is 1.62. The number of nitro benzene ring substituents is 1. The van der Waals surface area contributed by atoms with Crippen molar-refractivity contribution in [3.05, 3.63) is 75.6 Å². The number of carbonyl (C=O) groups excluding carboxylic acids is 1. The highest BCUT2D eigenvalue weighted by Gasteiger charge is 2.18. The Hall–Kier alpha value is -4.19. The van der Waals surface area contributed by atoms with Gasteiger partial charge in [-0.1, -0.05) is 30.0 Å². The van der Waals surface area contributed by atoms with Gasteiger partial charge in [0, 0.05) is 12.6 Å². The van der Waals surface area contributed by atoms with Crippen molar-refractivity contribution in [2.75, 3.05) is 18.2 Å². The normalized spacial score (nSPS) is 10.9. The maximum Gasteiger partial charge on any atom is 0.273 e. The molecule has 0 radical (unpaired) electrons. The van der Waals surface area contributed by atoms with Crippen LogP contribution in [0.25, 0.3) is 16.7 Å². The average Bonchev–Trinajstić information content (AvgIpc) is 3.24. The van der Waals surface area contributed by atoms with Gasteiger partial charge in [0.05, 0.1) is 40.4 Å². The van der Waals surface area contributed by atoms with E-state index in [-0.39, 0.29) is 35.2 Å². The van der Waals surface area contributed by atoms with Crippen LogP contribution < -0.4 is 15.6 Å². The zero-order chi connectivity index (χ0) is 23.5. The summed E-state index contributed by atoms with van der Waals surface area (Å²) in [5, 5.41) is 22.9. The Kier molecular flexibility index (Phi) is 6.09. The van der Waals surface area contributed by atoms with Crippen molar-refractivity contribution in [2.45, 2.75) is 11.7 Å². The minimum absolute atomic E-state index is 0.0180. The fourth-order valence-electron chi connectivity index (χ4n) is 3.33. The number of hydrogen-bond donors (Lipinski definition) is 1.